The molecule has 3 heterocycles. The van der Waals surface area contributed by atoms with E-state index in [0.717, 1.165) is 12.8 Å². The molecule has 3 aliphatic heterocycles. The molecule has 34 heavy (non-hydrogen) atoms. The Morgan fingerprint density at radius 2 is 1.85 bits per heavy atom. The summed E-state index contributed by atoms with van der Waals surface area (Å²) in [5.74, 6) is -1.39. The molecule has 0 aliphatic carbocycles. The van der Waals surface area contributed by atoms with Crippen LogP contribution in [0.5, 0.6) is 0 Å². The zero-order valence-electron chi connectivity index (χ0n) is 21.3. The molecule has 2 unspecified atom stereocenters. The van der Waals surface area contributed by atoms with Crippen LogP contribution in [0.1, 0.15) is 53.9 Å². The molecule has 0 aromatic heterocycles. The SMILES string of the molecule is C=CCN(CCC)C(=O)[C@H]1[C@H]2C(=O)N([C@H](C)CO)C(C(=O)N(CC=C)C(C)C)C23CC[C@]1(C)S3. The first-order valence-corrected chi connectivity index (χ1v) is 13.3. The van der Waals surface area contributed by atoms with Crippen molar-refractivity contribution in [3.8, 4) is 0 Å². The summed E-state index contributed by atoms with van der Waals surface area (Å²) in [5, 5.41) is 10.0. The fourth-order valence-electron chi connectivity index (χ4n) is 6.35. The number of thioether (sulfide) groups is 1. The number of aliphatic hydroxyl groups excluding tert-OH is 1. The van der Waals surface area contributed by atoms with E-state index in [1.54, 1.807) is 45.5 Å². The van der Waals surface area contributed by atoms with Crippen LogP contribution in [0.4, 0.5) is 0 Å². The van der Waals surface area contributed by atoms with Gasteiger partial charge in [-0.15, -0.1) is 24.9 Å². The Morgan fingerprint density at radius 1 is 1.21 bits per heavy atom. The van der Waals surface area contributed by atoms with E-state index >= 15 is 0 Å². The second-order valence-electron chi connectivity index (χ2n) is 10.5. The molecule has 7 nitrogen and oxygen atoms in total. The lowest BCUT2D eigenvalue weighted by atomic mass is 9.66. The molecule has 3 rings (SSSR count). The zero-order valence-corrected chi connectivity index (χ0v) is 22.1. The van der Waals surface area contributed by atoms with E-state index < -0.39 is 33.4 Å². The van der Waals surface area contributed by atoms with Gasteiger partial charge in [-0.25, -0.2) is 0 Å². The van der Waals surface area contributed by atoms with Gasteiger partial charge in [0.1, 0.15) is 6.04 Å². The molecule has 0 radical (unpaired) electrons. The third kappa shape index (κ3) is 4.00. The van der Waals surface area contributed by atoms with E-state index in [2.05, 4.69) is 20.1 Å². The first-order chi connectivity index (χ1) is 16.0. The van der Waals surface area contributed by atoms with Crippen LogP contribution in [0.15, 0.2) is 25.3 Å². The summed E-state index contributed by atoms with van der Waals surface area (Å²) in [6, 6.07) is -1.29. The molecule has 2 bridgehead atoms. The van der Waals surface area contributed by atoms with E-state index in [-0.39, 0.29) is 30.4 Å². The van der Waals surface area contributed by atoms with Gasteiger partial charge in [-0.2, -0.15) is 0 Å². The van der Waals surface area contributed by atoms with Gasteiger partial charge in [0, 0.05) is 30.4 Å². The van der Waals surface area contributed by atoms with Gasteiger partial charge in [0.15, 0.2) is 0 Å². The number of rotatable bonds is 11. The molecule has 1 spiro atoms. The number of nitrogens with zero attached hydrogens (tertiary/aromatic N) is 3. The van der Waals surface area contributed by atoms with Crippen molar-refractivity contribution < 1.29 is 19.5 Å². The molecular weight excluding hydrogens is 450 g/mol. The van der Waals surface area contributed by atoms with Gasteiger partial charge >= 0.3 is 0 Å². The van der Waals surface area contributed by atoms with E-state index in [4.69, 9.17) is 0 Å². The predicted octanol–water partition coefficient (Wildman–Crippen LogP) is 2.70. The van der Waals surface area contributed by atoms with Crippen LogP contribution in [0.25, 0.3) is 0 Å². The van der Waals surface area contributed by atoms with E-state index in [1.807, 2.05) is 20.8 Å². The van der Waals surface area contributed by atoms with Crippen LogP contribution in [0.3, 0.4) is 0 Å². The van der Waals surface area contributed by atoms with Crippen molar-refractivity contribution in [1.82, 2.24) is 14.7 Å². The third-order valence-corrected chi connectivity index (χ3v) is 9.83. The van der Waals surface area contributed by atoms with Crippen molar-refractivity contribution in [3.05, 3.63) is 25.3 Å². The molecule has 0 aromatic rings. The molecule has 6 atom stereocenters. The van der Waals surface area contributed by atoms with Gasteiger partial charge in [0.25, 0.3) is 0 Å². The van der Waals surface area contributed by atoms with Crippen molar-refractivity contribution in [3.63, 3.8) is 0 Å². The highest BCUT2D eigenvalue weighted by Crippen LogP contribution is 2.71. The topological polar surface area (TPSA) is 81.2 Å². The first-order valence-electron chi connectivity index (χ1n) is 12.5. The maximum Gasteiger partial charge on any atom is 0.247 e. The van der Waals surface area contributed by atoms with E-state index in [9.17, 15) is 19.5 Å². The standard InChI is InChI=1S/C26H41N3O4S/c1-8-13-27(14-9-2)22(31)19-20-23(32)29(18(6)16-30)21(24(33)28(15-10-3)17(4)5)26(20)12-11-25(19,7)34-26/h8,10,17-21,30H,1,3,9,11-16H2,2,4-7H3/t18-,19-,20+,21?,25+,26?/m1/s1. The summed E-state index contributed by atoms with van der Waals surface area (Å²) in [5.41, 5.74) is 0. The van der Waals surface area contributed by atoms with E-state index in [0.29, 0.717) is 26.1 Å². The van der Waals surface area contributed by atoms with Crippen LogP contribution in [0, 0.1) is 11.8 Å². The van der Waals surface area contributed by atoms with Gasteiger partial charge in [-0.3, -0.25) is 14.4 Å². The maximum atomic E-state index is 14.1. The van der Waals surface area contributed by atoms with Gasteiger partial charge in [0.2, 0.25) is 17.7 Å². The summed E-state index contributed by atoms with van der Waals surface area (Å²) >= 11 is 1.67. The number of likely N-dealkylation sites (tertiary alicyclic amines) is 1. The molecule has 0 aromatic carbocycles. The van der Waals surface area contributed by atoms with Crippen molar-refractivity contribution in [2.75, 3.05) is 26.2 Å². The summed E-state index contributed by atoms with van der Waals surface area (Å²) in [6.07, 6.45) is 5.73. The van der Waals surface area contributed by atoms with Crippen LogP contribution in [-0.4, -0.2) is 91.4 Å². The van der Waals surface area contributed by atoms with Gasteiger partial charge < -0.3 is 19.8 Å². The first kappa shape index (κ1) is 26.8. The molecule has 1 N–H and O–H groups in total. The lowest BCUT2D eigenvalue weighted by molar-refractivity contribution is -0.147. The minimum atomic E-state index is -0.710. The smallest absolute Gasteiger partial charge is 0.247 e. The molecule has 3 saturated heterocycles. The molecule has 0 saturated carbocycles. The quantitative estimate of drug-likeness (QED) is 0.450. The highest BCUT2D eigenvalue weighted by Gasteiger charge is 2.77. The monoisotopic (exact) mass is 491 g/mol. The van der Waals surface area contributed by atoms with Gasteiger partial charge in [-0.1, -0.05) is 19.1 Å². The zero-order chi connectivity index (χ0) is 25.4. The summed E-state index contributed by atoms with van der Waals surface area (Å²) in [7, 11) is 0. The predicted molar refractivity (Wildman–Crippen MR) is 136 cm³/mol. The third-order valence-electron chi connectivity index (χ3n) is 7.84. The van der Waals surface area contributed by atoms with Gasteiger partial charge in [-0.05, 0) is 47.0 Å². The Labute approximate surface area is 208 Å². The number of carbonyl (C=O) groups is 3. The Bertz CT molecular complexity index is 848. The minimum Gasteiger partial charge on any atom is -0.394 e. The summed E-state index contributed by atoms with van der Waals surface area (Å²) < 4.78 is -1.08. The van der Waals surface area contributed by atoms with Crippen LogP contribution in [-0.2, 0) is 14.4 Å². The Balaban J connectivity index is 2.11. The van der Waals surface area contributed by atoms with Crippen LogP contribution >= 0.6 is 11.8 Å². The summed E-state index contributed by atoms with van der Waals surface area (Å²) in [4.78, 5) is 47.2. The molecule has 190 valence electrons. The summed E-state index contributed by atoms with van der Waals surface area (Å²) in [6.45, 7) is 18.6. The fourth-order valence-corrected chi connectivity index (χ4v) is 8.68. The minimum absolute atomic E-state index is 0.0202. The highest BCUT2D eigenvalue weighted by molar-refractivity contribution is 8.02. The van der Waals surface area contributed by atoms with Crippen molar-refractivity contribution in [1.29, 1.82) is 0 Å². The normalized spacial score (nSPS) is 32.6. The Hall–Kier alpha value is -1.80. The molecule has 3 aliphatic rings. The lowest BCUT2D eigenvalue weighted by Crippen LogP contribution is -2.58. The number of carbonyl (C=O) groups excluding carboxylic acids is 3. The average Bonchev–Trinajstić information content (AvgIpc) is 3.36. The number of amides is 3. The van der Waals surface area contributed by atoms with Crippen LogP contribution in [0.2, 0.25) is 0 Å². The van der Waals surface area contributed by atoms with Crippen molar-refractivity contribution in [2.45, 2.75) is 81.5 Å². The van der Waals surface area contributed by atoms with Crippen molar-refractivity contribution in [2.24, 2.45) is 11.8 Å². The number of hydrogen-bond acceptors (Lipinski definition) is 5. The molecular formula is C26H41N3O4S. The number of hydrogen-bond donors (Lipinski definition) is 1. The van der Waals surface area contributed by atoms with Crippen LogP contribution < -0.4 is 0 Å². The average molecular weight is 492 g/mol. The Kier molecular flexibility index (Phi) is 7.92. The number of fused-ring (bicyclic) bond motifs is 1. The van der Waals surface area contributed by atoms with Gasteiger partial charge in [0.05, 0.1) is 29.2 Å². The molecule has 8 heteroatoms. The highest BCUT2D eigenvalue weighted by atomic mass is 32.2. The second-order valence-corrected chi connectivity index (χ2v) is 12.3. The molecule has 3 amide bonds. The number of aliphatic hydroxyl groups is 1. The fraction of sp³-hybridized carbons (Fsp3) is 0.731. The second kappa shape index (κ2) is 10.1. The largest absolute Gasteiger partial charge is 0.394 e. The van der Waals surface area contributed by atoms with E-state index in [1.165, 1.54) is 0 Å². The van der Waals surface area contributed by atoms with Crippen molar-refractivity contribution >= 4 is 29.5 Å². The maximum absolute atomic E-state index is 14.1. The lowest BCUT2D eigenvalue weighted by Gasteiger charge is -2.40. The molecule has 3 fully saturated rings. The Morgan fingerprint density at radius 3 is 2.38 bits per heavy atom.